The third kappa shape index (κ3) is 2.49. The smallest absolute Gasteiger partial charge is 0.303 e. The lowest BCUT2D eigenvalue weighted by atomic mass is 9.88. The summed E-state index contributed by atoms with van der Waals surface area (Å²) >= 11 is 0. The molecule has 0 amide bonds. The van der Waals surface area contributed by atoms with E-state index in [0.29, 0.717) is 24.4 Å². The molecular weight excluding hydrogens is 246 g/mol. The van der Waals surface area contributed by atoms with Gasteiger partial charge < -0.3 is 5.11 Å². The van der Waals surface area contributed by atoms with E-state index in [4.69, 9.17) is 9.74 Å². The van der Waals surface area contributed by atoms with E-state index in [2.05, 4.69) is 15.2 Å². The lowest BCUT2D eigenvalue weighted by Gasteiger charge is -2.38. The van der Waals surface area contributed by atoms with Gasteiger partial charge in [0.05, 0.1) is 0 Å². The summed E-state index contributed by atoms with van der Waals surface area (Å²) in [6.07, 6.45) is 4.64. The van der Waals surface area contributed by atoms with Crippen LogP contribution in [-0.2, 0) is 11.3 Å². The molecule has 1 N–H and O–H groups in total. The second-order valence-electron chi connectivity index (χ2n) is 5.79. The Bertz CT molecular complexity index is 459. The van der Waals surface area contributed by atoms with Crippen molar-refractivity contribution in [3.05, 3.63) is 11.4 Å². The number of carboxylic acids is 1. The van der Waals surface area contributed by atoms with Crippen molar-refractivity contribution >= 4 is 5.97 Å². The second-order valence-corrected chi connectivity index (χ2v) is 5.79. The summed E-state index contributed by atoms with van der Waals surface area (Å²) in [5.41, 5.74) is 1.76. The lowest BCUT2D eigenvalue weighted by Crippen LogP contribution is -2.42. The molecule has 0 radical (unpaired) electrons. The number of fused-ring (bicyclic) bond motifs is 2. The number of hydrogen-bond acceptors (Lipinski definition) is 5. The Morgan fingerprint density at radius 3 is 2.58 bits per heavy atom. The van der Waals surface area contributed by atoms with E-state index >= 15 is 0 Å². The Balaban J connectivity index is 1.66. The predicted octanol–water partition coefficient (Wildman–Crippen LogP) is 1.60. The van der Waals surface area contributed by atoms with Crippen molar-refractivity contribution in [1.29, 1.82) is 0 Å². The van der Waals surface area contributed by atoms with Gasteiger partial charge in [-0.3, -0.25) is 9.69 Å². The van der Waals surface area contributed by atoms with Crippen LogP contribution >= 0.6 is 0 Å². The minimum atomic E-state index is -0.672. The van der Waals surface area contributed by atoms with Crippen LogP contribution in [0.1, 0.15) is 43.5 Å². The summed E-state index contributed by atoms with van der Waals surface area (Å²) in [5.74, 6) is -0.336. The molecule has 2 atom stereocenters. The van der Waals surface area contributed by atoms with Crippen LogP contribution in [0.2, 0.25) is 0 Å². The van der Waals surface area contributed by atoms with E-state index in [0.717, 1.165) is 30.8 Å². The van der Waals surface area contributed by atoms with Crippen LogP contribution in [0, 0.1) is 12.8 Å². The molecule has 0 spiro atoms. The largest absolute Gasteiger partial charge is 0.481 e. The maximum Gasteiger partial charge on any atom is 0.303 e. The SMILES string of the molecule is Cc1nonc1CN1C2CCC1CC(CC(=O)O)C2. The molecule has 2 unspecified atom stereocenters. The highest BCUT2D eigenvalue weighted by Gasteiger charge is 2.41. The zero-order valence-electron chi connectivity index (χ0n) is 11.1. The van der Waals surface area contributed by atoms with Gasteiger partial charge in [-0.25, -0.2) is 4.63 Å². The number of aromatic nitrogens is 2. The average molecular weight is 265 g/mol. The van der Waals surface area contributed by atoms with Crippen LogP contribution in [-0.4, -0.2) is 38.4 Å². The molecule has 2 bridgehead atoms. The molecule has 19 heavy (non-hydrogen) atoms. The number of nitrogens with zero attached hydrogens (tertiary/aromatic N) is 3. The minimum Gasteiger partial charge on any atom is -0.481 e. The van der Waals surface area contributed by atoms with Crippen molar-refractivity contribution < 1.29 is 14.5 Å². The molecule has 2 aliphatic heterocycles. The Kier molecular flexibility index (Phi) is 3.26. The number of piperidine rings is 1. The van der Waals surface area contributed by atoms with Gasteiger partial charge in [-0.1, -0.05) is 10.3 Å². The van der Waals surface area contributed by atoms with Gasteiger partial charge in [-0.2, -0.15) is 0 Å². The quantitative estimate of drug-likeness (QED) is 0.890. The van der Waals surface area contributed by atoms with Gasteiger partial charge >= 0.3 is 5.97 Å². The van der Waals surface area contributed by atoms with Crippen LogP contribution in [0.25, 0.3) is 0 Å². The van der Waals surface area contributed by atoms with E-state index < -0.39 is 5.97 Å². The lowest BCUT2D eigenvalue weighted by molar-refractivity contribution is -0.138. The highest BCUT2D eigenvalue weighted by molar-refractivity contribution is 5.67. The molecule has 0 aromatic carbocycles. The fraction of sp³-hybridized carbons (Fsp3) is 0.769. The van der Waals surface area contributed by atoms with Crippen LogP contribution < -0.4 is 0 Å². The third-order valence-corrected chi connectivity index (χ3v) is 4.52. The van der Waals surface area contributed by atoms with Gasteiger partial charge in [0.25, 0.3) is 0 Å². The molecule has 104 valence electrons. The maximum atomic E-state index is 10.8. The molecule has 6 nitrogen and oxygen atoms in total. The molecule has 2 saturated heterocycles. The molecule has 1 aromatic rings. The summed E-state index contributed by atoms with van der Waals surface area (Å²) < 4.78 is 4.75. The topological polar surface area (TPSA) is 79.5 Å². The molecule has 2 fully saturated rings. The van der Waals surface area contributed by atoms with E-state index in [1.807, 2.05) is 6.92 Å². The van der Waals surface area contributed by atoms with Gasteiger partial charge in [-0.15, -0.1) is 0 Å². The first kappa shape index (κ1) is 12.6. The highest BCUT2D eigenvalue weighted by Crippen LogP contribution is 2.40. The number of aryl methyl sites for hydroxylation is 1. The van der Waals surface area contributed by atoms with E-state index in [1.165, 1.54) is 12.8 Å². The van der Waals surface area contributed by atoms with Crippen molar-refractivity contribution in [3.8, 4) is 0 Å². The summed E-state index contributed by atoms with van der Waals surface area (Å²) in [7, 11) is 0. The van der Waals surface area contributed by atoms with Crippen LogP contribution in [0.3, 0.4) is 0 Å². The fourth-order valence-corrected chi connectivity index (χ4v) is 3.62. The maximum absolute atomic E-state index is 10.8. The monoisotopic (exact) mass is 265 g/mol. The minimum absolute atomic E-state index is 0.311. The van der Waals surface area contributed by atoms with E-state index in [-0.39, 0.29) is 0 Å². The standard InChI is InChI=1S/C13H19N3O3/c1-8-12(15-19-14-8)7-16-10-2-3-11(16)5-9(4-10)6-13(17)18/h9-11H,2-7H2,1H3,(H,17,18). The number of carboxylic acid groups (broad SMARTS) is 1. The Labute approximate surface area is 111 Å². The average Bonchev–Trinajstić information content (AvgIpc) is 2.83. The zero-order valence-corrected chi connectivity index (χ0v) is 11.1. The summed E-state index contributed by atoms with van der Waals surface area (Å²) in [6, 6.07) is 0.999. The zero-order chi connectivity index (χ0) is 13.4. The molecule has 1 aromatic heterocycles. The molecule has 0 saturated carbocycles. The first-order chi connectivity index (χ1) is 9.13. The number of aliphatic carboxylic acids is 1. The highest BCUT2D eigenvalue weighted by atomic mass is 16.6. The normalized spacial score (nSPS) is 30.7. The van der Waals surface area contributed by atoms with Gasteiger partial charge in [0.1, 0.15) is 11.4 Å². The van der Waals surface area contributed by atoms with Crippen molar-refractivity contribution in [2.45, 2.75) is 57.7 Å². The van der Waals surface area contributed by atoms with Gasteiger partial charge in [0.2, 0.25) is 0 Å². The molecular formula is C13H19N3O3. The summed E-state index contributed by atoms with van der Waals surface area (Å²) in [6.45, 7) is 2.69. The first-order valence-corrected chi connectivity index (χ1v) is 6.89. The Morgan fingerprint density at radius 2 is 2.05 bits per heavy atom. The van der Waals surface area contributed by atoms with Crippen molar-refractivity contribution in [2.24, 2.45) is 5.92 Å². The van der Waals surface area contributed by atoms with Crippen molar-refractivity contribution in [1.82, 2.24) is 15.2 Å². The van der Waals surface area contributed by atoms with Crippen LogP contribution in [0.15, 0.2) is 4.63 Å². The van der Waals surface area contributed by atoms with Gasteiger partial charge in [0, 0.05) is 25.0 Å². The Morgan fingerprint density at radius 1 is 1.37 bits per heavy atom. The summed E-state index contributed by atoms with van der Waals surface area (Å²) in [4.78, 5) is 13.3. The van der Waals surface area contributed by atoms with E-state index in [1.54, 1.807) is 0 Å². The van der Waals surface area contributed by atoms with Crippen molar-refractivity contribution in [2.75, 3.05) is 0 Å². The van der Waals surface area contributed by atoms with Gasteiger partial charge in [0.15, 0.2) is 0 Å². The first-order valence-electron chi connectivity index (χ1n) is 6.89. The molecule has 2 aliphatic rings. The van der Waals surface area contributed by atoms with Crippen LogP contribution in [0.5, 0.6) is 0 Å². The number of rotatable bonds is 4. The number of hydrogen-bond donors (Lipinski definition) is 1. The molecule has 6 heteroatoms. The molecule has 0 aliphatic carbocycles. The Hall–Kier alpha value is -1.43. The fourth-order valence-electron chi connectivity index (χ4n) is 3.62. The molecule has 3 rings (SSSR count). The predicted molar refractivity (Wildman–Crippen MR) is 66.4 cm³/mol. The number of carbonyl (C=O) groups is 1. The second kappa shape index (κ2) is 4.92. The van der Waals surface area contributed by atoms with Crippen LogP contribution in [0.4, 0.5) is 0 Å². The van der Waals surface area contributed by atoms with E-state index in [9.17, 15) is 4.79 Å². The third-order valence-electron chi connectivity index (χ3n) is 4.52. The summed E-state index contributed by atoms with van der Waals surface area (Å²) in [5, 5.41) is 16.7. The molecule has 3 heterocycles. The van der Waals surface area contributed by atoms with Gasteiger partial charge in [-0.05, 0) is 38.5 Å². The van der Waals surface area contributed by atoms with Crippen molar-refractivity contribution in [3.63, 3.8) is 0 Å².